The molecule has 5 N–H and O–H groups in total. The van der Waals surface area contributed by atoms with Gasteiger partial charge in [0.1, 0.15) is 0 Å². The molecule has 0 spiro atoms. The van der Waals surface area contributed by atoms with Gasteiger partial charge >= 0.3 is 1.43 Å². The van der Waals surface area contributed by atoms with E-state index in [4.69, 9.17) is 5.11 Å². The monoisotopic (exact) mass is 686 g/mol. The summed E-state index contributed by atoms with van der Waals surface area (Å²) < 4.78 is 0. The van der Waals surface area contributed by atoms with Crippen molar-refractivity contribution >= 4 is 11.8 Å². The summed E-state index contributed by atoms with van der Waals surface area (Å²) in [5.74, 6) is 1.19. The summed E-state index contributed by atoms with van der Waals surface area (Å²) in [6, 6.07) is 9.07. The van der Waals surface area contributed by atoms with Crippen molar-refractivity contribution in [3.63, 3.8) is 0 Å². The molecule has 2 saturated heterocycles. The third kappa shape index (κ3) is 13.3. The molecule has 0 aromatic carbocycles. The topological polar surface area (TPSA) is 157 Å². The molecule has 0 radical (unpaired) electrons. The van der Waals surface area contributed by atoms with E-state index in [2.05, 4.69) is 51.3 Å². The van der Waals surface area contributed by atoms with E-state index in [0.29, 0.717) is 57.5 Å². The number of nitrogens with zero attached hydrogens (tertiary/aromatic N) is 6. The Morgan fingerprint density at radius 1 is 0.816 bits per heavy atom. The number of carbonyl (C=O) groups excluding carboxylic acids is 2. The van der Waals surface area contributed by atoms with Crippen molar-refractivity contribution in [3.8, 4) is 0 Å². The van der Waals surface area contributed by atoms with E-state index in [9.17, 15) is 14.7 Å². The van der Waals surface area contributed by atoms with Gasteiger partial charge in [-0.15, -0.1) is 0 Å². The fourth-order valence-corrected chi connectivity index (χ4v) is 7.33. The molecule has 0 bridgehead atoms. The number of aliphatic hydroxyl groups is 2. The summed E-state index contributed by atoms with van der Waals surface area (Å²) in [6.45, 7) is 9.69. The lowest BCUT2D eigenvalue weighted by Gasteiger charge is -2.32. The highest BCUT2D eigenvalue weighted by atomic mass is 16.3. The molecule has 4 atom stereocenters. The summed E-state index contributed by atoms with van der Waals surface area (Å²) in [5.41, 5.74) is 2.54. The van der Waals surface area contributed by atoms with E-state index in [0.717, 1.165) is 25.4 Å². The minimum Gasteiger partial charge on any atom is -0.412 e. The van der Waals surface area contributed by atoms with Gasteiger partial charge in [0, 0.05) is 82.4 Å². The molecular formula is C37H64N7O5+. The van der Waals surface area contributed by atoms with Gasteiger partial charge in [-0.25, -0.2) is 0 Å². The van der Waals surface area contributed by atoms with Crippen molar-refractivity contribution in [3.05, 3.63) is 60.2 Å². The van der Waals surface area contributed by atoms with Gasteiger partial charge in [0.25, 0.3) is 0 Å². The van der Waals surface area contributed by atoms with Crippen molar-refractivity contribution in [2.75, 3.05) is 79.7 Å². The number of hydrogen-bond donors (Lipinski definition) is 3. The predicted octanol–water partition coefficient (Wildman–Crippen LogP) is 2.66. The minimum atomic E-state index is -0.0655. The van der Waals surface area contributed by atoms with Gasteiger partial charge in [-0.05, 0) is 94.5 Å². The van der Waals surface area contributed by atoms with Gasteiger partial charge in [0.05, 0.1) is 13.2 Å². The van der Waals surface area contributed by atoms with Crippen LogP contribution in [0.2, 0.25) is 0 Å². The van der Waals surface area contributed by atoms with Gasteiger partial charge in [0.2, 0.25) is 11.8 Å². The predicted molar refractivity (Wildman–Crippen MR) is 195 cm³/mol. The molecule has 12 heteroatoms. The molecule has 4 rings (SSSR count). The van der Waals surface area contributed by atoms with Crippen molar-refractivity contribution in [1.29, 1.82) is 0 Å². The molecule has 4 heterocycles. The maximum Gasteiger partial charge on any atom is 1.00 e. The van der Waals surface area contributed by atoms with Crippen molar-refractivity contribution in [2.45, 2.75) is 70.9 Å². The van der Waals surface area contributed by atoms with Crippen LogP contribution in [-0.4, -0.2) is 137 Å². The second-order valence-corrected chi connectivity index (χ2v) is 13.1. The Hall–Kier alpha value is -3.00. The van der Waals surface area contributed by atoms with Crippen LogP contribution < -0.4 is 5.32 Å². The number of amides is 2. The quantitative estimate of drug-likeness (QED) is 0.201. The number of pyridine rings is 2. The number of likely N-dealkylation sites (tertiary alicyclic amines) is 2. The van der Waals surface area contributed by atoms with Crippen LogP contribution in [0.5, 0.6) is 0 Å². The van der Waals surface area contributed by atoms with E-state index in [1.807, 2.05) is 49.5 Å². The Morgan fingerprint density at radius 2 is 1.37 bits per heavy atom. The largest absolute Gasteiger partial charge is 1.00 e. The average molecular weight is 687 g/mol. The Kier molecular flexibility index (Phi) is 20.1. The summed E-state index contributed by atoms with van der Waals surface area (Å²) in [5, 5.41) is 21.2. The molecule has 0 aliphatic carbocycles. The zero-order valence-corrected chi connectivity index (χ0v) is 30.3. The maximum absolute atomic E-state index is 12.6. The molecule has 2 aliphatic heterocycles. The van der Waals surface area contributed by atoms with E-state index in [1.54, 1.807) is 11.1 Å². The van der Waals surface area contributed by atoms with Crippen LogP contribution in [0.15, 0.2) is 49.1 Å². The lowest BCUT2D eigenvalue weighted by atomic mass is 9.90. The third-order valence-electron chi connectivity index (χ3n) is 9.84. The first-order chi connectivity index (χ1) is 23.3. The van der Waals surface area contributed by atoms with Crippen LogP contribution >= 0.6 is 0 Å². The molecule has 4 unspecified atom stereocenters. The standard InChI is InChI=1S/C21H34N4O3.C16H27N3O.H2O/c1-4-19(27)24(13-14-26)11-12-25(20(28)5-2)16-18-8-10-23(3)21(18)17-7-6-9-22-15-17;1-19-11-7-14(5-2-3-8-17-10-12-20)16(19)15-6-4-9-18-13-15;/h6-7,9,15,18,21,26H,4-5,8,10-14,16H2,1-3H3;4,6,9,13-14,16-17,20H,2-3,5,7-8,10-12H2,1H3;1H2/p+1. The SMILES string of the molecule is CCC(=O)N(CCO)CCN(CC1CCN(C)C1c1cccnc1)C(=O)CC.CN1CCC(CCCCNCCO)C1c1cccnc1.O.[H+]. The number of unbranched alkanes of at least 4 members (excludes halogenated alkanes) is 1. The maximum atomic E-state index is 12.6. The van der Waals surface area contributed by atoms with Gasteiger partial charge in [-0.2, -0.15) is 0 Å². The number of aromatic nitrogens is 2. The molecule has 0 saturated carbocycles. The van der Waals surface area contributed by atoms with Crippen LogP contribution in [0.1, 0.15) is 83.4 Å². The Bertz CT molecular complexity index is 1190. The number of aliphatic hydroxyl groups excluding tert-OH is 2. The number of carbonyl (C=O) groups is 2. The Balaban J connectivity index is 0.000000505. The molecule has 49 heavy (non-hydrogen) atoms. The molecule has 276 valence electrons. The normalized spacial score (nSPS) is 20.7. The van der Waals surface area contributed by atoms with Gasteiger partial charge in [-0.1, -0.05) is 32.4 Å². The minimum absolute atomic E-state index is 0. The zero-order valence-electron chi connectivity index (χ0n) is 31.3. The van der Waals surface area contributed by atoms with E-state index < -0.39 is 0 Å². The molecule has 12 nitrogen and oxygen atoms in total. The first-order valence-corrected chi connectivity index (χ1v) is 18.0. The number of rotatable bonds is 18. The fraction of sp³-hybridized carbons (Fsp3) is 0.676. The molecular weight excluding hydrogens is 622 g/mol. The van der Waals surface area contributed by atoms with Crippen LogP contribution in [0.4, 0.5) is 0 Å². The lowest BCUT2D eigenvalue weighted by molar-refractivity contribution is -0.135. The average Bonchev–Trinajstić information content (AvgIpc) is 3.68. The Morgan fingerprint density at radius 3 is 1.90 bits per heavy atom. The zero-order chi connectivity index (χ0) is 34.7. The second kappa shape index (κ2) is 23.4. The molecule has 2 aromatic heterocycles. The summed E-state index contributed by atoms with van der Waals surface area (Å²) >= 11 is 0. The summed E-state index contributed by atoms with van der Waals surface area (Å²) in [6.07, 6.45) is 14.5. The van der Waals surface area contributed by atoms with Crippen LogP contribution in [0, 0.1) is 11.8 Å². The van der Waals surface area contributed by atoms with Crippen molar-refractivity contribution < 1.29 is 26.7 Å². The molecule has 2 fully saturated rings. The Labute approximate surface area is 295 Å². The highest BCUT2D eigenvalue weighted by molar-refractivity contribution is 5.77. The van der Waals surface area contributed by atoms with E-state index >= 15 is 0 Å². The van der Waals surface area contributed by atoms with Gasteiger partial charge in [-0.3, -0.25) is 29.4 Å². The van der Waals surface area contributed by atoms with E-state index in [1.165, 1.54) is 43.4 Å². The molecule has 2 aliphatic rings. The highest BCUT2D eigenvalue weighted by Crippen LogP contribution is 2.39. The molecule has 2 amide bonds. The lowest BCUT2D eigenvalue weighted by Crippen LogP contribution is -2.44. The number of nitrogens with one attached hydrogen (secondary N) is 1. The van der Waals surface area contributed by atoms with Crippen molar-refractivity contribution in [2.24, 2.45) is 11.8 Å². The first kappa shape index (κ1) is 42.2. The molecule has 2 aromatic rings. The second-order valence-electron chi connectivity index (χ2n) is 13.1. The van der Waals surface area contributed by atoms with Crippen LogP contribution in [-0.2, 0) is 9.59 Å². The van der Waals surface area contributed by atoms with Crippen LogP contribution in [0.3, 0.4) is 0 Å². The highest BCUT2D eigenvalue weighted by Gasteiger charge is 2.35. The van der Waals surface area contributed by atoms with Gasteiger partial charge < -0.3 is 30.8 Å². The first-order valence-electron chi connectivity index (χ1n) is 18.0. The number of hydrogen-bond acceptors (Lipinski definition) is 9. The fourth-order valence-electron chi connectivity index (χ4n) is 7.33. The van der Waals surface area contributed by atoms with Crippen molar-refractivity contribution in [1.82, 2.24) is 34.9 Å². The summed E-state index contributed by atoms with van der Waals surface area (Å²) in [4.78, 5) is 41.5. The van der Waals surface area contributed by atoms with Crippen LogP contribution in [0.25, 0.3) is 0 Å². The smallest absolute Gasteiger partial charge is 0.412 e. The summed E-state index contributed by atoms with van der Waals surface area (Å²) in [7, 11) is 4.34. The van der Waals surface area contributed by atoms with Gasteiger partial charge in [0.15, 0.2) is 0 Å². The van der Waals surface area contributed by atoms with E-state index in [-0.39, 0.29) is 38.0 Å². The third-order valence-corrected chi connectivity index (χ3v) is 9.84.